The SMILES string of the molecule is COC(CN1C(=O)CN=C(c2ccccc2)c2cc(Cl)ccc21)OC. The topological polar surface area (TPSA) is 51.1 Å². The molecule has 1 aliphatic rings. The Hall–Kier alpha value is -2.21. The molecule has 0 bridgehead atoms. The van der Waals surface area contributed by atoms with Gasteiger partial charge in [0.15, 0.2) is 6.29 Å². The molecular formula is C19H19ClN2O3. The van der Waals surface area contributed by atoms with Crippen molar-refractivity contribution in [1.82, 2.24) is 0 Å². The highest BCUT2D eigenvalue weighted by Gasteiger charge is 2.27. The van der Waals surface area contributed by atoms with Crippen molar-refractivity contribution in [2.24, 2.45) is 4.99 Å². The molecule has 0 fully saturated rings. The Morgan fingerprint density at radius 3 is 2.56 bits per heavy atom. The number of amides is 1. The van der Waals surface area contributed by atoms with Crippen molar-refractivity contribution < 1.29 is 14.3 Å². The van der Waals surface area contributed by atoms with Crippen LogP contribution in [0.4, 0.5) is 5.69 Å². The molecule has 0 spiro atoms. The summed E-state index contributed by atoms with van der Waals surface area (Å²) in [5.74, 6) is -0.117. The number of rotatable bonds is 5. The van der Waals surface area contributed by atoms with E-state index in [1.165, 1.54) is 0 Å². The molecule has 0 atom stereocenters. The van der Waals surface area contributed by atoms with Gasteiger partial charge < -0.3 is 14.4 Å². The van der Waals surface area contributed by atoms with Crippen LogP contribution in [0.25, 0.3) is 0 Å². The van der Waals surface area contributed by atoms with Crippen LogP contribution in [0, 0.1) is 0 Å². The zero-order valence-electron chi connectivity index (χ0n) is 14.1. The summed E-state index contributed by atoms with van der Waals surface area (Å²) < 4.78 is 10.5. The van der Waals surface area contributed by atoms with Crippen molar-refractivity contribution >= 4 is 28.9 Å². The van der Waals surface area contributed by atoms with Gasteiger partial charge in [0, 0.05) is 30.4 Å². The number of benzodiazepines with no additional fused rings is 1. The van der Waals surface area contributed by atoms with Gasteiger partial charge in [-0.25, -0.2) is 0 Å². The number of nitrogens with zero attached hydrogens (tertiary/aromatic N) is 2. The Balaban J connectivity index is 2.10. The molecule has 2 aromatic rings. The van der Waals surface area contributed by atoms with Gasteiger partial charge in [-0.05, 0) is 18.2 Å². The van der Waals surface area contributed by atoms with Crippen LogP contribution in [-0.4, -0.2) is 45.2 Å². The van der Waals surface area contributed by atoms with Crippen LogP contribution in [0.15, 0.2) is 53.5 Å². The number of carbonyl (C=O) groups excluding carboxylic acids is 1. The molecular weight excluding hydrogens is 340 g/mol. The standard InChI is InChI=1S/C19H19ClN2O3/c1-24-18(25-2)12-22-16-9-8-14(20)10-15(16)19(21-11-17(22)23)13-6-4-3-5-7-13/h3-10,18H,11-12H2,1-2H3. The van der Waals surface area contributed by atoms with Gasteiger partial charge >= 0.3 is 0 Å². The molecule has 5 nitrogen and oxygen atoms in total. The van der Waals surface area contributed by atoms with Gasteiger partial charge in [0.1, 0.15) is 6.54 Å². The maximum atomic E-state index is 12.7. The van der Waals surface area contributed by atoms with E-state index in [1.54, 1.807) is 25.2 Å². The van der Waals surface area contributed by atoms with Crippen LogP contribution < -0.4 is 4.90 Å². The number of hydrogen-bond acceptors (Lipinski definition) is 4. The summed E-state index contributed by atoms with van der Waals surface area (Å²) in [6.45, 7) is 0.328. The monoisotopic (exact) mass is 358 g/mol. The second-order valence-corrected chi connectivity index (χ2v) is 6.03. The third-order valence-corrected chi connectivity index (χ3v) is 4.32. The van der Waals surface area contributed by atoms with Gasteiger partial charge in [-0.3, -0.25) is 9.79 Å². The molecule has 0 unspecified atom stereocenters. The average Bonchev–Trinajstić information content (AvgIpc) is 2.77. The fourth-order valence-corrected chi connectivity index (χ4v) is 2.99. The van der Waals surface area contributed by atoms with Gasteiger partial charge in [0.05, 0.1) is 17.9 Å². The molecule has 0 N–H and O–H groups in total. The molecule has 130 valence electrons. The fourth-order valence-electron chi connectivity index (χ4n) is 2.82. The van der Waals surface area contributed by atoms with Crippen molar-refractivity contribution in [3.63, 3.8) is 0 Å². The minimum Gasteiger partial charge on any atom is -0.354 e. The largest absolute Gasteiger partial charge is 0.354 e. The number of aliphatic imine (C=N–C) groups is 1. The first-order valence-electron chi connectivity index (χ1n) is 7.89. The summed E-state index contributed by atoms with van der Waals surface area (Å²) in [6.07, 6.45) is -0.522. The third-order valence-electron chi connectivity index (χ3n) is 4.08. The van der Waals surface area contributed by atoms with E-state index in [4.69, 9.17) is 21.1 Å². The number of fused-ring (bicyclic) bond motifs is 1. The van der Waals surface area contributed by atoms with Gasteiger partial charge in [0.2, 0.25) is 5.91 Å². The zero-order valence-corrected chi connectivity index (χ0v) is 14.9. The molecule has 1 amide bonds. The molecule has 0 aliphatic carbocycles. The molecule has 3 rings (SSSR count). The highest BCUT2D eigenvalue weighted by molar-refractivity contribution is 6.32. The van der Waals surface area contributed by atoms with E-state index in [2.05, 4.69) is 4.99 Å². The zero-order chi connectivity index (χ0) is 17.8. The van der Waals surface area contributed by atoms with Crippen molar-refractivity contribution in [3.05, 3.63) is 64.7 Å². The molecule has 0 radical (unpaired) electrons. The normalized spacial score (nSPS) is 14.3. The fraction of sp³-hybridized carbons (Fsp3) is 0.263. The molecule has 25 heavy (non-hydrogen) atoms. The van der Waals surface area contributed by atoms with Gasteiger partial charge in [0.25, 0.3) is 0 Å². The van der Waals surface area contributed by atoms with E-state index in [0.717, 1.165) is 22.5 Å². The van der Waals surface area contributed by atoms with Crippen LogP contribution >= 0.6 is 11.6 Å². The summed E-state index contributed by atoms with van der Waals surface area (Å²) in [5.41, 5.74) is 3.25. The Morgan fingerprint density at radius 2 is 1.88 bits per heavy atom. The minimum atomic E-state index is -0.522. The first kappa shape index (κ1) is 17.6. The van der Waals surface area contributed by atoms with Crippen molar-refractivity contribution in [3.8, 4) is 0 Å². The smallest absolute Gasteiger partial charge is 0.248 e. The van der Waals surface area contributed by atoms with Gasteiger partial charge in [-0.15, -0.1) is 0 Å². The summed E-state index contributed by atoms with van der Waals surface area (Å²) in [5, 5.41) is 0.590. The molecule has 0 saturated heterocycles. The van der Waals surface area contributed by atoms with E-state index in [0.29, 0.717) is 5.02 Å². The summed E-state index contributed by atoms with van der Waals surface area (Å²) >= 11 is 6.22. The lowest BCUT2D eigenvalue weighted by molar-refractivity contribution is -0.121. The van der Waals surface area contributed by atoms with Crippen LogP contribution in [0.5, 0.6) is 0 Å². The number of hydrogen-bond donors (Lipinski definition) is 0. The van der Waals surface area contributed by atoms with Crippen LogP contribution in [0.1, 0.15) is 11.1 Å². The van der Waals surface area contributed by atoms with Crippen molar-refractivity contribution in [1.29, 1.82) is 0 Å². The second-order valence-electron chi connectivity index (χ2n) is 5.60. The molecule has 6 heteroatoms. The predicted molar refractivity (Wildman–Crippen MR) is 98.6 cm³/mol. The number of ether oxygens (including phenoxy) is 2. The lowest BCUT2D eigenvalue weighted by Crippen LogP contribution is -2.40. The Kier molecular flexibility index (Phi) is 5.48. The van der Waals surface area contributed by atoms with E-state index in [9.17, 15) is 4.79 Å². The first-order valence-corrected chi connectivity index (χ1v) is 8.27. The van der Waals surface area contributed by atoms with Crippen LogP contribution in [-0.2, 0) is 14.3 Å². The van der Waals surface area contributed by atoms with Crippen LogP contribution in [0.2, 0.25) is 5.02 Å². The van der Waals surface area contributed by atoms with Crippen molar-refractivity contribution in [2.75, 3.05) is 32.2 Å². The van der Waals surface area contributed by atoms with E-state index >= 15 is 0 Å². The summed E-state index contributed by atoms with van der Waals surface area (Å²) in [6, 6.07) is 15.2. The molecule has 0 aromatic heterocycles. The molecule has 1 aliphatic heterocycles. The van der Waals surface area contributed by atoms with E-state index < -0.39 is 6.29 Å². The predicted octanol–water partition coefficient (Wildman–Crippen LogP) is 3.14. The number of methoxy groups -OCH3 is 2. The lowest BCUT2D eigenvalue weighted by atomic mass is 10.00. The van der Waals surface area contributed by atoms with E-state index in [-0.39, 0.29) is 19.0 Å². The van der Waals surface area contributed by atoms with Gasteiger partial charge in [-0.1, -0.05) is 41.9 Å². The van der Waals surface area contributed by atoms with Gasteiger partial charge in [-0.2, -0.15) is 0 Å². The number of benzene rings is 2. The maximum Gasteiger partial charge on any atom is 0.248 e. The third kappa shape index (κ3) is 3.74. The highest BCUT2D eigenvalue weighted by atomic mass is 35.5. The Bertz CT molecular complexity index is 789. The van der Waals surface area contributed by atoms with E-state index in [1.807, 2.05) is 42.5 Å². The maximum absolute atomic E-state index is 12.7. The molecule has 1 heterocycles. The molecule has 2 aromatic carbocycles. The second kappa shape index (κ2) is 7.78. The minimum absolute atomic E-state index is 0.0523. The quantitative estimate of drug-likeness (QED) is 0.771. The van der Waals surface area contributed by atoms with Crippen LogP contribution in [0.3, 0.4) is 0 Å². The summed E-state index contributed by atoms with van der Waals surface area (Å²) in [4.78, 5) is 18.9. The molecule has 0 saturated carbocycles. The number of halogens is 1. The lowest BCUT2D eigenvalue weighted by Gasteiger charge is -2.26. The average molecular weight is 359 g/mol. The highest BCUT2D eigenvalue weighted by Crippen LogP contribution is 2.30. The Labute approximate surface area is 151 Å². The Morgan fingerprint density at radius 1 is 1.16 bits per heavy atom. The summed E-state index contributed by atoms with van der Waals surface area (Å²) in [7, 11) is 3.09. The first-order chi connectivity index (χ1) is 12.1. The number of anilines is 1. The number of carbonyl (C=O) groups is 1. The van der Waals surface area contributed by atoms with Crippen molar-refractivity contribution in [2.45, 2.75) is 6.29 Å².